The molecule has 0 aromatic carbocycles. The van der Waals surface area contributed by atoms with Gasteiger partial charge in [-0.15, -0.1) is 0 Å². The van der Waals surface area contributed by atoms with Crippen LogP contribution in [0.4, 0.5) is 13.2 Å². The minimum Gasteiger partial charge on any atom is -0.382 e. The molecule has 0 aliphatic rings. The number of hydrogen-bond acceptors (Lipinski definition) is 2. The van der Waals surface area contributed by atoms with Gasteiger partial charge >= 0.3 is 6.18 Å². The summed E-state index contributed by atoms with van der Waals surface area (Å²) in [4.78, 5) is 0. The lowest BCUT2D eigenvalue weighted by atomic mass is 10.1. The fourth-order valence-corrected chi connectivity index (χ4v) is 1.61. The highest BCUT2D eigenvalue weighted by atomic mass is 19.4. The predicted octanol–water partition coefficient (Wildman–Crippen LogP) is 3.51. The molecular weight excluding hydrogens is 231 g/mol. The molecule has 1 unspecified atom stereocenters. The lowest BCUT2D eigenvalue weighted by Gasteiger charge is -2.19. The Balaban J connectivity index is 3.79. The number of nitrogens with one attached hydrogen (secondary N) is 1. The molecule has 0 aromatic heterocycles. The molecule has 0 aliphatic heterocycles. The number of rotatable bonds is 10. The predicted molar refractivity (Wildman–Crippen MR) is 63.1 cm³/mol. The third-order valence-electron chi connectivity index (χ3n) is 2.50. The molecule has 0 aliphatic carbocycles. The van der Waals surface area contributed by atoms with Crippen LogP contribution in [-0.4, -0.2) is 32.0 Å². The van der Waals surface area contributed by atoms with Crippen molar-refractivity contribution in [2.45, 2.75) is 58.2 Å². The Hall–Kier alpha value is -0.290. The van der Waals surface area contributed by atoms with E-state index in [1.807, 2.05) is 13.8 Å². The van der Waals surface area contributed by atoms with Crippen LogP contribution in [0.2, 0.25) is 0 Å². The normalized spacial score (nSPS) is 13.9. The quantitative estimate of drug-likeness (QED) is 0.603. The molecule has 0 fully saturated rings. The van der Waals surface area contributed by atoms with E-state index < -0.39 is 12.6 Å². The van der Waals surface area contributed by atoms with Gasteiger partial charge < -0.3 is 10.1 Å². The summed E-state index contributed by atoms with van der Waals surface area (Å²) >= 11 is 0. The molecule has 0 bridgehead atoms. The lowest BCUT2D eigenvalue weighted by molar-refractivity contribution is -0.136. The van der Waals surface area contributed by atoms with E-state index in [4.69, 9.17) is 4.74 Å². The van der Waals surface area contributed by atoms with Crippen LogP contribution in [-0.2, 0) is 4.74 Å². The smallest absolute Gasteiger partial charge is 0.382 e. The molecule has 17 heavy (non-hydrogen) atoms. The second-order valence-corrected chi connectivity index (χ2v) is 4.14. The zero-order valence-corrected chi connectivity index (χ0v) is 10.8. The van der Waals surface area contributed by atoms with Crippen molar-refractivity contribution in [2.24, 2.45) is 0 Å². The van der Waals surface area contributed by atoms with E-state index in [1.165, 1.54) is 0 Å². The van der Waals surface area contributed by atoms with Crippen LogP contribution in [0.3, 0.4) is 0 Å². The van der Waals surface area contributed by atoms with Crippen LogP contribution in [0.25, 0.3) is 0 Å². The molecule has 0 saturated heterocycles. The highest BCUT2D eigenvalue weighted by molar-refractivity contribution is 4.68. The van der Waals surface area contributed by atoms with E-state index in [1.54, 1.807) is 0 Å². The van der Waals surface area contributed by atoms with Crippen LogP contribution in [0, 0.1) is 0 Å². The topological polar surface area (TPSA) is 21.3 Å². The van der Waals surface area contributed by atoms with Crippen LogP contribution < -0.4 is 5.32 Å². The van der Waals surface area contributed by atoms with Crippen LogP contribution in [0.5, 0.6) is 0 Å². The van der Waals surface area contributed by atoms with Gasteiger partial charge in [0.15, 0.2) is 0 Å². The Labute approximate surface area is 102 Å². The van der Waals surface area contributed by atoms with E-state index in [-0.39, 0.29) is 12.5 Å². The lowest BCUT2D eigenvalue weighted by Crippen LogP contribution is -2.31. The molecule has 0 radical (unpaired) electrons. The standard InChI is InChI=1S/C12H24F3NO/c1-3-9-16-11(6-5-10-17-4-2)7-8-12(13,14)15/h11,16H,3-10H2,1-2H3. The Bertz CT molecular complexity index is 174. The Morgan fingerprint density at radius 1 is 1.18 bits per heavy atom. The van der Waals surface area contributed by atoms with Gasteiger partial charge in [0.1, 0.15) is 0 Å². The van der Waals surface area contributed by atoms with E-state index in [2.05, 4.69) is 5.32 Å². The molecule has 0 spiro atoms. The van der Waals surface area contributed by atoms with Gasteiger partial charge in [0, 0.05) is 25.7 Å². The van der Waals surface area contributed by atoms with Crippen LogP contribution in [0.15, 0.2) is 0 Å². The van der Waals surface area contributed by atoms with Crippen molar-refractivity contribution in [3.8, 4) is 0 Å². The average Bonchev–Trinajstić information content (AvgIpc) is 2.25. The summed E-state index contributed by atoms with van der Waals surface area (Å²) in [6.07, 6.45) is -2.10. The van der Waals surface area contributed by atoms with E-state index in [0.717, 1.165) is 25.8 Å². The van der Waals surface area contributed by atoms with Crippen molar-refractivity contribution in [3.63, 3.8) is 0 Å². The number of halogens is 3. The maximum absolute atomic E-state index is 12.1. The largest absolute Gasteiger partial charge is 0.389 e. The molecule has 0 saturated carbocycles. The summed E-state index contributed by atoms with van der Waals surface area (Å²) < 4.78 is 41.6. The minimum atomic E-state index is -4.05. The highest BCUT2D eigenvalue weighted by Crippen LogP contribution is 2.23. The first kappa shape index (κ1) is 16.7. The van der Waals surface area contributed by atoms with E-state index in [9.17, 15) is 13.2 Å². The number of ether oxygens (including phenoxy) is 1. The van der Waals surface area contributed by atoms with E-state index in [0.29, 0.717) is 13.2 Å². The summed E-state index contributed by atoms with van der Waals surface area (Å²) in [5.74, 6) is 0. The molecule has 5 heteroatoms. The van der Waals surface area contributed by atoms with E-state index >= 15 is 0 Å². The van der Waals surface area contributed by atoms with Crippen molar-refractivity contribution < 1.29 is 17.9 Å². The molecular formula is C12H24F3NO. The first-order chi connectivity index (χ1) is 7.99. The SMILES string of the molecule is CCCNC(CCCOCC)CCC(F)(F)F. The van der Waals surface area contributed by atoms with Gasteiger partial charge in [0.25, 0.3) is 0 Å². The van der Waals surface area contributed by atoms with Gasteiger partial charge in [0.05, 0.1) is 0 Å². The maximum Gasteiger partial charge on any atom is 0.389 e. The van der Waals surface area contributed by atoms with Crippen molar-refractivity contribution in [3.05, 3.63) is 0 Å². The molecule has 104 valence electrons. The number of hydrogen-bond donors (Lipinski definition) is 1. The molecule has 0 amide bonds. The van der Waals surface area contributed by atoms with Crippen LogP contribution >= 0.6 is 0 Å². The summed E-state index contributed by atoms with van der Waals surface area (Å²) in [7, 11) is 0. The van der Waals surface area contributed by atoms with Gasteiger partial charge in [-0.3, -0.25) is 0 Å². The first-order valence-electron chi connectivity index (χ1n) is 6.37. The molecule has 0 aromatic rings. The van der Waals surface area contributed by atoms with Crippen molar-refractivity contribution >= 4 is 0 Å². The molecule has 2 nitrogen and oxygen atoms in total. The zero-order valence-electron chi connectivity index (χ0n) is 10.8. The van der Waals surface area contributed by atoms with Gasteiger partial charge in [-0.2, -0.15) is 13.2 Å². The second-order valence-electron chi connectivity index (χ2n) is 4.14. The second kappa shape index (κ2) is 9.71. The van der Waals surface area contributed by atoms with Crippen molar-refractivity contribution in [1.82, 2.24) is 5.32 Å². The fraction of sp³-hybridized carbons (Fsp3) is 1.00. The molecule has 0 heterocycles. The summed E-state index contributed by atoms with van der Waals surface area (Å²) in [6, 6.07) is -0.0444. The highest BCUT2D eigenvalue weighted by Gasteiger charge is 2.27. The summed E-state index contributed by atoms with van der Waals surface area (Å²) in [6.45, 7) is 5.99. The Morgan fingerprint density at radius 3 is 2.41 bits per heavy atom. The molecule has 1 atom stereocenters. The maximum atomic E-state index is 12.1. The van der Waals surface area contributed by atoms with Crippen molar-refractivity contribution in [2.75, 3.05) is 19.8 Å². The first-order valence-corrected chi connectivity index (χ1v) is 6.37. The zero-order chi connectivity index (χ0) is 13.1. The Morgan fingerprint density at radius 2 is 1.88 bits per heavy atom. The van der Waals surface area contributed by atoms with Gasteiger partial charge in [0.2, 0.25) is 0 Å². The average molecular weight is 255 g/mol. The summed E-state index contributed by atoms with van der Waals surface area (Å²) in [5.41, 5.74) is 0. The third-order valence-corrected chi connectivity index (χ3v) is 2.50. The fourth-order valence-electron chi connectivity index (χ4n) is 1.61. The van der Waals surface area contributed by atoms with Gasteiger partial charge in [-0.1, -0.05) is 6.92 Å². The monoisotopic (exact) mass is 255 g/mol. The van der Waals surface area contributed by atoms with Gasteiger partial charge in [-0.05, 0) is 39.2 Å². The minimum absolute atomic E-state index is 0.0444. The third kappa shape index (κ3) is 12.0. The Kier molecular flexibility index (Phi) is 9.55. The van der Waals surface area contributed by atoms with Crippen LogP contribution in [0.1, 0.15) is 46.0 Å². The number of alkyl halides is 3. The molecule has 0 rings (SSSR count). The summed E-state index contributed by atoms with van der Waals surface area (Å²) in [5, 5.41) is 3.16. The van der Waals surface area contributed by atoms with Crippen molar-refractivity contribution in [1.29, 1.82) is 0 Å². The van der Waals surface area contributed by atoms with Gasteiger partial charge in [-0.25, -0.2) is 0 Å². The molecule has 1 N–H and O–H groups in total.